The van der Waals surface area contributed by atoms with Gasteiger partial charge in [-0.15, -0.1) is 24.8 Å². The second-order valence-electron chi connectivity index (χ2n) is 6.49. The van der Waals surface area contributed by atoms with Crippen LogP contribution in [0.3, 0.4) is 0 Å². The summed E-state index contributed by atoms with van der Waals surface area (Å²) in [6.45, 7) is 3.21. The van der Waals surface area contributed by atoms with Crippen molar-refractivity contribution >= 4 is 36.4 Å². The molecule has 2 atom stereocenters. The summed E-state index contributed by atoms with van der Waals surface area (Å²) in [6.07, 6.45) is 3.72. The van der Waals surface area contributed by atoms with E-state index in [4.69, 9.17) is 5.73 Å². The van der Waals surface area contributed by atoms with E-state index in [2.05, 4.69) is 17.1 Å². The van der Waals surface area contributed by atoms with Crippen molar-refractivity contribution in [3.05, 3.63) is 71.7 Å². The van der Waals surface area contributed by atoms with Crippen molar-refractivity contribution in [1.82, 2.24) is 14.3 Å². The van der Waals surface area contributed by atoms with Crippen LogP contribution in [0.25, 0.3) is 5.65 Å². The van der Waals surface area contributed by atoms with Gasteiger partial charge < -0.3 is 15.0 Å². The summed E-state index contributed by atoms with van der Waals surface area (Å²) in [7, 11) is 0. The number of nitrogens with zero attached hydrogens (tertiary/aromatic N) is 3. The van der Waals surface area contributed by atoms with Gasteiger partial charge in [0.15, 0.2) is 0 Å². The molecule has 5 nitrogen and oxygen atoms in total. The number of fused-ring (bicyclic) bond motifs is 1. The molecule has 1 saturated heterocycles. The molecule has 138 valence electrons. The number of imidazole rings is 1. The first kappa shape index (κ1) is 20.2. The zero-order chi connectivity index (χ0) is 16.7. The molecule has 0 unspecified atom stereocenters. The van der Waals surface area contributed by atoms with E-state index in [1.165, 1.54) is 5.56 Å². The normalized spacial score (nSPS) is 19.1. The van der Waals surface area contributed by atoms with E-state index >= 15 is 0 Å². The van der Waals surface area contributed by atoms with Crippen molar-refractivity contribution in [1.29, 1.82) is 0 Å². The van der Waals surface area contributed by atoms with Crippen molar-refractivity contribution < 1.29 is 4.79 Å². The van der Waals surface area contributed by atoms with Gasteiger partial charge >= 0.3 is 0 Å². The van der Waals surface area contributed by atoms with Gasteiger partial charge in [-0.1, -0.05) is 30.3 Å². The van der Waals surface area contributed by atoms with Crippen LogP contribution in [-0.2, 0) is 0 Å². The molecule has 1 aliphatic rings. The van der Waals surface area contributed by atoms with Crippen LogP contribution in [0.5, 0.6) is 0 Å². The highest BCUT2D eigenvalue weighted by atomic mass is 35.5. The number of carbonyl (C=O) groups is 1. The van der Waals surface area contributed by atoms with E-state index in [9.17, 15) is 4.79 Å². The number of hydrogen-bond donors (Lipinski definition) is 1. The zero-order valence-electron chi connectivity index (χ0n) is 14.4. The average molecular weight is 393 g/mol. The summed E-state index contributed by atoms with van der Waals surface area (Å²) in [6, 6.07) is 14.1. The molecule has 0 saturated carbocycles. The molecular formula is C19H22Cl2N4O. The Bertz CT molecular complexity index is 897. The van der Waals surface area contributed by atoms with Crippen LogP contribution >= 0.6 is 24.8 Å². The minimum absolute atomic E-state index is 0. The Kier molecular flexibility index (Phi) is 6.29. The smallest absolute Gasteiger partial charge is 0.274 e. The summed E-state index contributed by atoms with van der Waals surface area (Å²) >= 11 is 0. The molecule has 1 aromatic carbocycles. The highest BCUT2D eigenvalue weighted by Gasteiger charge is 2.34. The molecule has 3 aromatic rings. The molecular weight excluding hydrogens is 371 g/mol. The van der Waals surface area contributed by atoms with Crippen molar-refractivity contribution in [2.24, 2.45) is 5.73 Å². The van der Waals surface area contributed by atoms with Crippen LogP contribution in [0.2, 0.25) is 0 Å². The van der Waals surface area contributed by atoms with E-state index in [1.54, 1.807) is 6.20 Å². The average Bonchev–Trinajstić information content (AvgIpc) is 3.18. The molecule has 0 aliphatic carbocycles. The maximum Gasteiger partial charge on any atom is 0.274 e. The number of halogens is 2. The highest BCUT2D eigenvalue weighted by molar-refractivity contribution is 5.93. The summed E-state index contributed by atoms with van der Waals surface area (Å²) in [5, 5.41) is 0. The van der Waals surface area contributed by atoms with Crippen molar-refractivity contribution in [3.63, 3.8) is 0 Å². The molecule has 7 heteroatoms. The Morgan fingerprint density at radius 2 is 1.88 bits per heavy atom. The third-order valence-electron chi connectivity index (χ3n) is 4.71. The molecule has 0 radical (unpaired) electrons. The van der Waals surface area contributed by atoms with Gasteiger partial charge in [0, 0.05) is 37.4 Å². The molecule has 0 bridgehead atoms. The molecule has 3 heterocycles. The zero-order valence-corrected chi connectivity index (χ0v) is 16.0. The Hall–Kier alpha value is -2.08. The van der Waals surface area contributed by atoms with Crippen LogP contribution in [0, 0.1) is 6.92 Å². The van der Waals surface area contributed by atoms with E-state index in [1.807, 2.05) is 52.8 Å². The minimum Gasteiger partial charge on any atom is -0.335 e. The number of aryl methyl sites for hydroxylation is 1. The lowest BCUT2D eigenvalue weighted by molar-refractivity contribution is 0.0784. The van der Waals surface area contributed by atoms with Crippen molar-refractivity contribution in [2.75, 3.05) is 13.1 Å². The Morgan fingerprint density at radius 1 is 1.15 bits per heavy atom. The van der Waals surface area contributed by atoms with Crippen LogP contribution in [-0.4, -0.2) is 39.3 Å². The molecule has 26 heavy (non-hydrogen) atoms. The highest BCUT2D eigenvalue weighted by Crippen LogP contribution is 2.27. The predicted molar refractivity (Wildman–Crippen MR) is 107 cm³/mol. The fourth-order valence-corrected chi connectivity index (χ4v) is 3.40. The predicted octanol–water partition coefficient (Wildman–Crippen LogP) is 3.05. The molecule has 2 aromatic heterocycles. The first-order chi connectivity index (χ1) is 11.6. The summed E-state index contributed by atoms with van der Waals surface area (Å²) in [4.78, 5) is 19.1. The first-order valence-corrected chi connectivity index (χ1v) is 8.17. The molecule has 0 spiro atoms. The first-order valence-electron chi connectivity index (χ1n) is 8.17. The number of benzene rings is 1. The fraction of sp³-hybridized carbons (Fsp3) is 0.263. The van der Waals surface area contributed by atoms with E-state index in [-0.39, 0.29) is 42.7 Å². The van der Waals surface area contributed by atoms with Gasteiger partial charge in [-0.3, -0.25) is 4.79 Å². The summed E-state index contributed by atoms with van der Waals surface area (Å²) in [5.74, 6) is 0.125. The number of hydrogen-bond acceptors (Lipinski definition) is 3. The third kappa shape index (κ3) is 3.70. The number of aromatic nitrogens is 2. The largest absolute Gasteiger partial charge is 0.335 e. The Labute approximate surface area is 165 Å². The maximum absolute atomic E-state index is 12.8. The van der Waals surface area contributed by atoms with E-state index < -0.39 is 0 Å². The van der Waals surface area contributed by atoms with Crippen molar-refractivity contribution in [2.45, 2.75) is 18.9 Å². The third-order valence-corrected chi connectivity index (χ3v) is 4.71. The van der Waals surface area contributed by atoms with Crippen LogP contribution in [0.15, 0.2) is 54.9 Å². The van der Waals surface area contributed by atoms with Crippen LogP contribution in [0.1, 0.15) is 27.5 Å². The lowest BCUT2D eigenvalue weighted by Gasteiger charge is -2.15. The van der Waals surface area contributed by atoms with Crippen LogP contribution in [0.4, 0.5) is 0 Å². The quantitative estimate of drug-likeness (QED) is 0.728. The molecule has 1 aliphatic heterocycles. The number of pyridine rings is 1. The Balaban J connectivity index is 0.00000121. The lowest BCUT2D eigenvalue weighted by Crippen LogP contribution is -2.32. The summed E-state index contributed by atoms with van der Waals surface area (Å²) < 4.78 is 1.88. The van der Waals surface area contributed by atoms with Gasteiger partial charge in [-0.25, -0.2) is 4.98 Å². The van der Waals surface area contributed by atoms with Crippen LogP contribution < -0.4 is 5.73 Å². The minimum atomic E-state index is -0.0507. The van der Waals surface area contributed by atoms with Gasteiger partial charge in [0.2, 0.25) is 0 Å². The number of nitrogens with two attached hydrogens (primary N) is 1. The standard InChI is InChI=1S/C19H20N4O.2ClH/c1-13-7-8-22-12-17(21-18(22)9-13)19(24)23-10-15(16(20)11-23)14-5-3-2-4-6-14;;/h2-9,12,15-16H,10-11,20H2,1H3;2*1H/t15-,16+;;/m0../s1. The van der Waals surface area contributed by atoms with Gasteiger partial charge in [0.25, 0.3) is 5.91 Å². The van der Waals surface area contributed by atoms with E-state index in [0.29, 0.717) is 18.8 Å². The fourth-order valence-electron chi connectivity index (χ4n) is 3.40. The van der Waals surface area contributed by atoms with Crippen molar-refractivity contribution in [3.8, 4) is 0 Å². The number of amides is 1. The topological polar surface area (TPSA) is 63.6 Å². The number of carbonyl (C=O) groups excluding carboxylic acids is 1. The lowest BCUT2D eigenvalue weighted by atomic mass is 9.95. The second kappa shape index (κ2) is 8.08. The van der Waals surface area contributed by atoms with Gasteiger partial charge in [0.05, 0.1) is 0 Å². The monoisotopic (exact) mass is 392 g/mol. The molecule has 2 N–H and O–H groups in total. The molecule has 1 amide bonds. The Morgan fingerprint density at radius 3 is 2.62 bits per heavy atom. The second-order valence-corrected chi connectivity index (χ2v) is 6.49. The number of likely N-dealkylation sites (tertiary alicyclic amines) is 1. The van der Waals surface area contributed by atoms with E-state index in [0.717, 1.165) is 11.2 Å². The maximum atomic E-state index is 12.8. The SMILES string of the molecule is Cc1ccn2cc(C(=O)N3C[C@@H](N)[C@H](c4ccccc4)C3)nc2c1.Cl.Cl. The molecule has 1 fully saturated rings. The molecule has 4 rings (SSSR count). The van der Waals surface area contributed by atoms with Gasteiger partial charge in [0.1, 0.15) is 11.3 Å². The van der Waals surface area contributed by atoms with Gasteiger partial charge in [-0.05, 0) is 30.2 Å². The number of rotatable bonds is 2. The summed E-state index contributed by atoms with van der Waals surface area (Å²) in [5.41, 5.74) is 9.87. The van der Waals surface area contributed by atoms with Gasteiger partial charge in [-0.2, -0.15) is 0 Å².